The molecule has 3 rings (SSSR count). The number of hydrogen-bond acceptors (Lipinski definition) is 2. The minimum Gasteiger partial charge on any atom is -0.504 e. The van der Waals surface area contributed by atoms with Crippen LogP contribution in [0.15, 0.2) is 73.1 Å². The number of aromatic hydroxyl groups is 1. The maximum Gasteiger partial charge on any atom is 0.156 e. The fourth-order valence-corrected chi connectivity index (χ4v) is 2.43. The maximum absolute atomic E-state index is 10.0. The van der Waals surface area contributed by atoms with E-state index in [1.807, 2.05) is 42.6 Å². The smallest absolute Gasteiger partial charge is 0.156 e. The van der Waals surface area contributed by atoms with Crippen molar-refractivity contribution >= 4 is 5.69 Å². The van der Waals surface area contributed by atoms with Crippen molar-refractivity contribution in [3.05, 3.63) is 84.2 Å². The van der Waals surface area contributed by atoms with Crippen molar-refractivity contribution < 1.29 is 5.11 Å². The van der Waals surface area contributed by atoms with E-state index in [9.17, 15) is 5.11 Å². The van der Waals surface area contributed by atoms with Gasteiger partial charge in [0.15, 0.2) is 5.75 Å². The number of aromatic amines is 1. The van der Waals surface area contributed by atoms with Crippen molar-refractivity contribution in [1.29, 1.82) is 0 Å². The number of nitrogens with one attached hydrogen (secondary N) is 1. The van der Waals surface area contributed by atoms with E-state index in [1.54, 1.807) is 6.20 Å². The molecule has 0 saturated carbocycles. The van der Waals surface area contributed by atoms with Gasteiger partial charge < -0.3 is 15.0 Å². The van der Waals surface area contributed by atoms with Crippen molar-refractivity contribution in [3.63, 3.8) is 0 Å². The zero-order valence-electron chi connectivity index (χ0n) is 11.7. The Kier molecular flexibility index (Phi) is 3.92. The van der Waals surface area contributed by atoms with Gasteiger partial charge in [-0.25, -0.2) is 0 Å². The zero-order valence-corrected chi connectivity index (χ0v) is 11.7. The van der Waals surface area contributed by atoms with E-state index < -0.39 is 0 Å². The predicted molar refractivity (Wildman–Crippen MR) is 85.2 cm³/mol. The molecule has 0 amide bonds. The number of aromatic nitrogens is 1. The van der Waals surface area contributed by atoms with Gasteiger partial charge in [-0.1, -0.05) is 60.7 Å². The SMILES string of the molecule is Oc1c[nH]cc1N(Cc1ccccc1)Cc1ccccc1. The second-order valence-electron chi connectivity index (χ2n) is 5.05. The molecule has 0 atom stereocenters. The first-order chi connectivity index (χ1) is 10.3. The number of anilines is 1. The highest BCUT2D eigenvalue weighted by Crippen LogP contribution is 2.29. The standard InChI is InChI=1S/C18H18N2O/c21-18-12-19-11-17(18)20(13-15-7-3-1-4-8-15)14-16-9-5-2-6-10-16/h1-12,19,21H,13-14H2. The average molecular weight is 278 g/mol. The van der Waals surface area contributed by atoms with Crippen LogP contribution in [0.3, 0.4) is 0 Å². The molecule has 0 aliphatic rings. The van der Waals surface area contributed by atoms with Gasteiger partial charge in [-0.05, 0) is 11.1 Å². The van der Waals surface area contributed by atoms with Gasteiger partial charge in [-0.3, -0.25) is 0 Å². The highest BCUT2D eigenvalue weighted by atomic mass is 16.3. The minimum atomic E-state index is 0.280. The molecular weight excluding hydrogens is 260 g/mol. The molecule has 0 bridgehead atoms. The maximum atomic E-state index is 10.0. The third-order valence-electron chi connectivity index (χ3n) is 3.48. The monoisotopic (exact) mass is 278 g/mol. The van der Waals surface area contributed by atoms with Gasteiger partial charge in [0.05, 0.1) is 5.69 Å². The Hall–Kier alpha value is -2.68. The molecular formula is C18H18N2O. The summed E-state index contributed by atoms with van der Waals surface area (Å²) in [7, 11) is 0. The van der Waals surface area contributed by atoms with E-state index in [2.05, 4.69) is 34.1 Å². The molecule has 0 aliphatic heterocycles. The molecule has 0 radical (unpaired) electrons. The molecule has 0 aliphatic carbocycles. The van der Waals surface area contributed by atoms with Gasteiger partial charge >= 0.3 is 0 Å². The van der Waals surface area contributed by atoms with E-state index in [0.29, 0.717) is 0 Å². The molecule has 1 heterocycles. The first-order valence-electron chi connectivity index (χ1n) is 7.01. The van der Waals surface area contributed by atoms with E-state index >= 15 is 0 Å². The van der Waals surface area contributed by atoms with E-state index in [-0.39, 0.29) is 5.75 Å². The second-order valence-corrected chi connectivity index (χ2v) is 5.05. The molecule has 0 spiro atoms. The first kappa shape index (κ1) is 13.3. The topological polar surface area (TPSA) is 39.3 Å². The van der Waals surface area contributed by atoms with Crippen molar-refractivity contribution in [2.45, 2.75) is 13.1 Å². The van der Waals surface area contributed by atoms with Crippen LogP contribution < -0.4 is 4.90 Å². The van der Waals surface area contributed by atoms with Gasteiger partial charge in [-0.2, -0.15) is 0 Å². The molecule has 21 heavy (non-hydrogen) atoms. The van der Waals surface area contributed by atoms with Crippen molar-refractivity contribution in [3.8, 4) is 5.75 Å². The summed E-state index contributed by atoms with van der Waals surface area (Å²) in [4.78, 5) is 5.12. The van der Waals surface area contributed by atoms with Crippen molar-refractivity contribution in [2.24, 2.45) is 0 Å². The van der Waals surface area contributed by atoms with Gasteiger partial charge in [0, 0.05) is 25.5 Å². The lowest BCUT2D eigenvalue weighted by Gasteiger charge is -2.24. The molecule has 1 aromatic heterocycles. The normalized spacial score (nSPS) is 10.5. The summed E-state index contributed by atoms with van der Waals surface area (Å²) in [6.45, 7) is 1.50. The van der Waals surface area contributed by atoms with E-state index in [1.165, 1.54) is 11.1 Å². The van der Waals surface area contributed by atoms with Crippen LogP contribution in [0.2, 0.25) is 0 Å². The fraction of sp³-hybridized carbons (Fsp3) is 0.111. The molecule has 2 N–H and O–H groups in total. The second kappa shape index (κ2) is 6.18. The number of H-pyrrole nitrogens is 1. The lowest BCUT2D eigenvalue weighted by molar-refractivity contribution is 0.474. The first-order valence-corrected chi connectivity index (χ1v) is 7.01. The summed E-state index contributed by atoms with van der Waals surface area (Å²) < 4.78 is 0. The molecule has 3 nitrogen and oxygen atoms in total. The van der Waals surface area contributed by atoms with Crippen LogP contribution in [-0.4, -0.2) is 10.1 Å². The van der Waals surface area contributed by atoms with Gasteiger partial charge in [0.2, 0.25) is 0 Å². The third-order valence-corrected chi connectivity index (χ3v) is 3.48. The summed E-state index contributed by atoms with van der Waals surface area (Å²) in [5.74, 6) is 0.280. The average Bonchev–Trinajstić information content (AvgIpc) is 2.95. The highest BCUT2D eigenvalue weighted by Gasteiger charge is 2.13. The molecule has 0 unspecified atom stereocenters. The van der Waals surface area contributed by atoms with Crippen LogP contribution in [0.25, 0.3) is 0 Å². The Morgan fingerprint density at radius 1 is 0.762 bits per heavy atom. The van der Waals surface area contributed by atoms with Crippen LogP contribution in [-0.2, 0) is 13.1 Å². The Morgan fingerprint density at radius 2 is 1.29 bits per heavy atom. The summed E-state index contributed by atoms with van der Waals surface area (Å²) in [5.41, 5.74) is 3.26. The highest BCUT2D eigenvalue weighted by molar-refractivity contribution is 5.57. The molecule has 3 aromatic rings. The van der Waals surface area contributed by atoms with Crippen molar-refractivity contribution in [2.75, 3.05) is 4.90 Å². The molecule has 0 saturated heterocycles. The van der Waals surface area contributed by atoms with Gasteiger partial charge in [0.1, 0.15) is 0 Å². The predicted octanol–water partition coefficient (Wildman–Crippen LogP) is 3.93. The Labute approximate surface area is 124 Å². The molecule has 2 aromatic carbocycles. The zero-order chi connectivity index (χ0) is 14.5. The van der Waals surface area contributed by atoms with Crippen LogP contribution in [0.5, 0.6) is 5.75 Å². The third kappa shape index (κ3) is 3.26. The molecule has 106 valence electrons. The van der Waals surface area contributed by atoms with Crippen LogP contribution in [0.4, 0.5) is 5.69 Å². The largest absolute Gasteiger partial charge is 0.504 e. The number of rotatable bonds is 5. The Bertz CT molecular complexity index is 635. The molecule has 3 heteroatoms. The number of benzene rings is 2. The summed E-state index contributed by atoms with van der Waals surface area (Å²) in [6.07, 6.45) is 3.44. The lowest BCUT2D eigenvalue weighted by Crippen LogP contribution is -2.21. The quantitative estimate of drug-likeness (QED) is 0.742. The number of hydrogen-bond donors (Lipinski definition) is 2. The fourth-order valence-electron chi connectivity index (χ4n) is 2.43. The summed E-state index contributed by atoms with van der Waals surface area (Å²) >= 11 is 0. The van der Waals surface area contributed by atoms with Crippen LogP contribution in [0.1, 0.15) is 11.1 Å². The Morgan fingerprint density at radius 3 is 1.71 bits per heavy atom. The van der Waals surface area contributed by atoms with Crippen molar-refractivity contribution in [1.82, 2.24) is 4.98 Å². The van der Waals surface area contributed by atoms with Crippen LogP contribution in [0, 0.1) is 0 Å². The number of nitrogens with zero attached hydrogens (tertiary/aromatic N) is 1. The molecule has 0 fully saturated rings. The minimum absolute atomic E-state index is 0.280. The summed E-state index contributed by atoms with van der Waals surface area (Å²) in [6, 6.07) is 20.6. The lowest BCUT2D eigenvalue weighted by atomic mass is 10.1. The van der Waals surface area contributed by atoms with Gasteiger partial charge in [0.25, 0.3) is 0 Å². The Balaban J connectivity index is 1.86. The van der Waals surface area contributed by atoms with E-state index in [4.69, 9.17) is 0 Å². The van der Waals surface area contributed by atoms with Gasteiger partial charge in [-0.15, -0.1) is 0 Å². The van der Waals surface area contributed by atoms with Crippen LogP contribution >= 0.6 is 0 Å². The van der Waals surface area contributed by atoms with E-state index in [0.717, 1.165) is 18.8 Å². The summed E-state index contributed by atoms with van der Waals surface area (Å²) in [5, 5.41) is 10.0.